The smallest absolute Gasteiger partial charge is 0.271 e. The Bertz CT molecular complexity index is 757. The van der Waals surface area contributed by atoms with E-state index >= 15 is 0 Å². The molecule has 122 valence electrons. The van der Waals surface area contributed by atoms with Gasteiger partial charge in [-0.25, -0.2) is 0 Å². The van der Waals surface area contributed by atoms with Crippen molar-refractivity contribution in [1.29, 1.82) is 0 Å². The summed E-state index contributed by atoms with van der Waals surface area (Å²) in [7, 11) is 1.83. The number of thiazole rings is 1. The summed E-state index contributed by atoms with van der Waals surface area (Å²) in [5.41, 5.74) is 1.62. The van der Waals surface area contributed by atoms with E-state index < -0.39 is 6.04 Å². The minimum atomic E-state index is -0.647. The number of rotatable bonds is 4. The molecule has 0 unspecified atom stereocenters. The third kappa shape index (κ3) is 4.39. The molecular weight excluding hydrogens is 310 g/mol. The molecular formula is C17H21N3O2S. The fourth-order valence-electron chi connectivity index (χ4n) is 2.04. The first-order valence-electron chi connectivity index (χ1n) is 7.44. The number of carbonyl (C=O) groups excluding carboxylic acids is 2. The van der Waals surface area contributed by atoms with Gasteiger partial charge in [-0.1, -0.05) is 31.5 Å². The zero-order valence-corrected chi connectivity index (χ0v) is 14.6. The van der Waals surface area contributed by atoms with E-state index in [0.717, 1.165) is 5.56 Å². The van der Waals surface area contributed by atoms with Crippen LogP contribution in [0.1, 0.15) is 29.8 Å². The summed E-state index contributed by atoms with van der Waals surface area (Å²) in [6, 6.07) is 6.60. The summed E-state index contributed by atoms with van der Waals surface area (Å²) >= 11 is 1.39. The van der Waals surface area contributed by atoms with Crippen LogP contribution in [-0.4, -0.2) is 22.4 Å². The average molecular weight is 331 g/mol. The lowest BCUT2D eigenvalue weighted by Gasteiger charge is -2.19. The van der Waals surface area contributed by atoms with Crippen molar-refractivity contribution < 1.29 is 9.59 Å². The summed E-state index contributed by atoms with van der Waals surface area (Å²) in [5, 5.41) is 4.66. The molecule has 0 spiro atoms. The first-order chi connectivity index (χ1) is 10.9. The molecule has 2 rings (SSSR count). The molecule has 1 atom stereocenters. The van der Waals surface area contributed by atoms with Gasteiger partial charge in [-0.3, -0.25) is 9.59 Å². The van der Waals surface area contributed by atoms with Gasteiger partial charge in [0.15, 0.2) is 4.80 Å². The predicted molar refractivity (Wildman–Crippen MR) is 91.1 cm³/mol. The molecule has 0 saturated heterocycles. The largest absolute Gasteiger partial charge is 0.340 e. The molecule has 23 heavy (non-hydrogen) atoms. The summed E-state index contributed by atoms with van der Waals surface area (Å²) in [4.78, 5) is 29.5. The third-order valence-electron chi connectivity index (χ3n) is 3.50. The van der Waals surface area contributed by atoms with Crippen LogP contribution in [0.4, 0.5) is 0 Å². The van der Waals surface area contributed by atoms with Gasteiger partial charge < -0.3 is 9.88 Å². The topological polar surface area (TPSA) is 63.5 Å². The lowest BCUT2D eigenvalue weighted by atomic mass is 10.0. The molecule has 0 fully saturated rings. The zero-order valence-electron chi connectivity index (χ0n) is 13.7. The van der Waals surface area contributed by atoms with Gasteiger partial charge in [0.2, 0.25) is 0 Å². The third-order valence-corrected chi connectivity index (χ3v) is 4.35. The molecule has 2 amide bonds. The summed E-state index contributed by atoms with van der Waals surface area (Å²) in [6.07, 6.45) is 1.84. The first-order valence-corrected chi connectivity index (χ1v) is 8.32. The van der Waals surface area contributed by atoms with Crippen molar-refractivity contribution in [3.05, 3.63) is 51.8 Å². The second-order valence-corrected chi connectivity index (χ2v) is 6.68. The second kappa shape index (κ2) is 7.37. The molecule has 0 saturated carbocycles. The van der Waals surface area contributed by atoms with E-state index in [1.165, 1.54) is 11.3 Å². The van der Waals surface area contributed by atoms with Crippen molar-refractivity contribution in [2.75, 3.05) is 0 Å². The SMILES string of the molecule is Cc1ccc(C(=O)N[C@H](C(=O)N=c2sccn2C)C(C)C)cc1. The lowest BCUT2D eigenvalue weighted by molar-refractivity contribution is -0.120. The van der Waals surface area contributed by atoms with Gasteiger partial charge in [-0.2, -0.15) is 4.99 Å². The second-order valence-electron chi connectivity index (χ2n) is 5.81. The Hall–Kier alpha value is -2.21. The van der Waals surface area contributed by atoms with E-state index in [1.54, 1.807) is 16.7 Å². The number of nitrogens with zero attached hydrogens (tertiary/aromatic N) is 2. The summed E-state index contributed by atoms with van der Waals surface area (Å²) < 4.78 is 1.78. The van der Waals surface area contributed by atoms with Crippen LogP contribution in [0.2, 0.25) is 0 Å². The van der Waals surface area contributed by atoms with E-state index in [9.17, 15) is 9.59 Å². The Morgan fingerprint density at radius 3 is 2.39 bits per heavy atom. The highest BCUT2D eigenvalue weighted by Gasteiger charge is 2.24. The molecule has 1 N–H and O–H groups in total. The van der Waals surface area contributed by atoms with Gasteiger partial charge in [0.1, 0.15) is 6.04 Å². The average Bonchev–Trinajstić information content (AvgIpc) is 2.90. The molecule has 0 radical (unpaired) electrons. The molecule has 0 bridgehead atoms. The van der Waals surface area contributed by atoms with Gasteiger partial charge in [0, 0.05) is 24.2 Å². The highest BCUT2D eigenvalue weighted by molar-refractivity contribution is 7.07. The van der Waals surface area contributed by atoms with Crippen molar-refractivity contribution >= 4 is 23.2 Å². The highest BCUT2D eigenvalue weighted by atomic mass is 32.1. The van der Waals surface area contributed by atoms with Crippen LogP contribution in [0.3, 0.4) is 0 Å². The Balaban J connectivity index is 2.19. The zero-order chi connectivity index (χ0) is 17.0. The van der Waals surface area contributed by atoms with Crippen molar-refractivity contribution in [1.82, 2.24) is 9.88 Å². The van der Waals surface area contributed by atoms with Crippen molar-refractivity contribution in [3.63, 3.8) is 0 Å². The Morgan fingerprint density at radius 1 is 1.22 bits per heavy atom. The van der Waals surface area contributed by atoms with Crippen LogP contribution in [0.15, 0.2) is 40.8 Å². The van der Waals surface area contributed by atoms with Gasteiger partial charge in [0.05, 0.1) is 0 Å². The van der Waals surface area contributed by atoms with Crippen LogP contribution < -0.4 is 10.1 Å². The number of hydrogen-bond donors (Lipinski definition) is 1. The van der Waals surface area contributed by atoms with Crippen LogP contribution in [0.25, 0.3) is 0 Å². The minimum absolute atomic E-state index is 0.0501. The molecule has 0 aliphatic carbocycles. The Morgan fingerprint density at radius 2 is 1.87 bits per heavy atom. The van der Waals surface area contributed by atoms with E-state index in [-0.39, 0.29) is 17.7 Å². The Labute approximate surface area is 139 Å². The molecule has 2 aromatic rings. The fourth-order valence-corrected chi connectivity index (χ4v) is 2.78. The highest BCUT2D eigenvalue weighted by Crippen LogP contribution is 2.08. The molecule has 0 aliphatic rings. The number of aryl methyl sites for hydroxylation is 2. The standard InChI is InChI=1S/C17H21N3O2S/c1-11(2)14(16(22)19-17-20(4)9-10-23-17)18-15(21)13-7-5-12(3)6-8-13/h5-11,14H,1-4H3,(H,18,21)/t14-/m0/s1. The quantitative estimate of drug-likeness (QED) is 0.934. The molecule has 6 heteroatoms. The number of benzene rings is 1. The molecule has 5 nitrogen and oxygen atoms in total. The van der Waals surface area contributed by atoms with Crippen LogP contribution >= 0.6 is 11.3 Å². The van der Waals surface area contributed by atoms with Gasteiger partial charge in [0.25, 0.3) is 11.8 Å². The predicted octanol–water partition coefficient (Wildman–Crippen LogP) is 2.28. The fraction of sp³-hybridized carbons (Fsp3) is 0.353. The van der Waals surface area contributed by atoms with Crippen LogP contribution in [0, 0.1) is 12.8 Å². The number of aromatic nitrogens is 1. The monoisotopic (exact) mass is 331 g/mol. The van der Waals surface area contributed by atoms with Gasteiger partial charge >= 0.3 is 0 Å². The van der Waals surface area contributed by atoms with Gasteiger partial charge in [-0.05, 0) is 25.0 Å². The van der Waals surface area contributed by atoms with Crippen LogP contribution in [-0.2, 0) is 11.8 Å². The van der Waals surface area contributed by atoms with Crippen molar-refractivity contribution in [2.45, 2.75) is 26.8 Å². The van der Waals surface area contributed by atoms with E-state index in [4.69, 9.17) is 0 Å². The number of carbonyl (C=O) groups is 2. The minimum Gasteiger partial charge on any atom is -0.340 e. The van der Waals surface area contributed by atoms with E-state index in [0.29, 0.717) is 10.4 Å². The molecule has 1 aromatic heterocycles. The number of nitrogens with one attached hydrogen (secondary N) is 1. The van der Waals surface area contributed by atoms with Crippen molar-refractivity contribution in [3.8, 4) is 0 Å². The van der Waals surface area contributed by atoms with E-state index in [1.807, 2.05) is 51.5 Å². The maximum absolute atomic E-state index is 12.4. The molecule has 1 heterocycles. The van der Waals surface area contributed by atoms with Crippen LogP contribution in [0.5, 0.6) is 0 Å². The maximum atomic E-state index is 12.4. The summed E-state index contributed by atoms with van der Waals surface area (Å²) in [6.45, 7) is 5.74. The first kappa shape index (κ1) is 17.1. The van der Waals surface area contributed by atoms with Crippen molar-refractivity contribution in [2.24, 2.45) is 18.0 Å². The number of amides is 2. The molecule has 0 aliphatic heterocycles. The van der Waals surface area contributed by atoms with E-state index in [2.05, 4.69) is 10.3 Å². The normalized spacial score (nSPS) is 13.2. The van der Waals surface area contributed by atoms with Gasteiger partial charge in [-0.15, -0.1) is 11.3 Å². The Kier molecular flexibility index (Phi) is 5.50. The summed E-state index contributed by atoms with van der Waals surface area (Å²) in [5.74, 6) is -0.646. The maximum Gasteiger partial charge on any atom is 0.271 e. The lowest BCUT2D eigenvalue weighted by Crippen LogP contribution is -2.44. The number of hydrogen-bond acceptors (Lipinski definition) is 3. The molecule has 1 aromatic carbocycles.